The first-order valence-corrected chi connectivity index (χ1v) is 13.6. The molecular formula is C24H26O8S2. The SMILES string of the molecule is Cc1cc(OCC(CO)OCc2ccccc2)cc(OS(=O)(=O)c2ccccc2S(C)(=O)=O)c1. The Kier molecular flexibility index (Phi) is 8.32. The second-order valence-electron chi connectivity index (χ2n) is 7.65. The van der Waals surface area contributed by atoms with Crippen molar-refractivity contribution in [3.8, 4) is 11.5 Å². The van der Waals surface area contributed by atoms with Crippen LogP contribution in [-0.2, 0) is 31.3 Å². The highest BCUT2D eigenvalue weighted by molar-refractivity contribution is 7.92. The maximum atomic E-state index is 12.8. The van der Waals surface area contributed by atoms with Gasteiger partial charge in [0.05, 0.1) is 18.1 Å². The van der Waals surface area contributed by atoms with E-state index in [1.54, 1.807) is 13.0 Å². The van der Waals surface area contributed by atoms with Gasteiger partial charge in [0.15, 0.2) is 9.84 Å². The van der Waals surface area contributed by atoms with Crippen LogP contribution in [0.3, 0.4) is 0 Å². The summed E-state index contributed by atoms with van der Waals surface area (Å²) in [5.74, 6) is 0.271. The van der Waals surface area contributed by atoms with Crippen LogP contribution in [0, 0.1) is 6.92 Å². The summed E-state index contributed by atoms with van der Waals surface area (Å²) in [6, 6.07) is 19.3. The number of aryl methyl sites for hydroxylation is 1. The number of aliphatic hydroxyl groups is 1. The van der Waals surface area contributed by atoms with Gasteiger partial charge in [-0.05, 0) is 42.3 Å². The van der Waals surface area contributed by atoms with Crippen molar-refractivity contribution in [2.24, 2.45) is 0 Å². The Bertz CT molecular complexity index is 1320. The summed E-state index contributed by atoms with van der Waals surface area (Å²) in [6.07, 6.45) is 0.327. The molecule has 0 saturated carbocycles. The molecule has 1 unspecified atom stereocenters. The van der Waals surface area contributed by atoms with E-state index < -0.39 is 31.0 Å². The van der Waals surface area contributed by atoms with Crippen molar-refractivity contribution >= 4 is 20.0 Å². The van der Waals surface area contributed by atoms with Gasteiger partial charge in [0, 0.05) is 12.3 Å². The molecule has 3 rings (SSSR count). The fraction of sp³-hybridized carbons (Fsp3) is 0.250. The van der Waals surface area contributed by atoms with Crippen molar-refractivity contribution in [2.45, 2.75) is 29.4 Å². The number of sulfone groups is 1. The largest absolute Gasteiger partial charge is 0.491 e. The maximum absolute atomic E-state index is 12.8. The molecule has 0 aliphatic rings. The van der Waals surface area contributed by atoms with E-state index in [4.69, 9.17) is 13.7 Å². The monoisotopic (exact) mass is 506 g/mol. The Balaban J connectivity index is 1.72. The highest BCUT2D eigenvalue weighted by atomic mass is 32.2. The number of benzene rings is 3. The summed E-state index contributed by atoms with van der Waals surface area (Å²) in [6.45, 7) is 1.79. The Morgan fingerprint density at radius 2 is 1.47 bits per heavy atom. The molecule has 34 heavy (non-hydrogen) atoms. The standard InChI is InChI=1S/C24H26O8S2/c1-18-12-20(31-17-22(15-25)30-16-19-8-4-3-5-9-19)14-21(13-18)32-34(28,29)24-11-7-6-10-23(24)33(2,26)27/h3-14,22,25H,15-17H2,1-2H3. The van der Waals surface area contributed by atoms with Crippen molar-refractivity contribution in [1.29, 1.82) is 0 Å². The van der Waals surface area contributed by atoms with Crippen molar-refractivity contribution in [2.75, 3.05) is 19.5 Å². The van der Waals surface area contributed by atoms with Gasteiger partial charge in [-0.2, -0.15) is 8.42 Å². The predicted octanol–water partition coefficient (Wildman–Crippen LogP) is 3.12. The fourth-order valence-corrected chi connectivity index (χ4v) is 5.63. The second kappa shape index (κ2) is 11.0. The molecule has 0 saturated heterocycles. The summed E-state index contributed by atoms with van der Waals surface area (Å²) < 4.78 is 66.3. The molecule has 0 aliphatic heterocycles. The van der Waals surface area contributed by atoms with E-state index in [0.717, 1.165) is 11.8 Å². The van der Waals surface area contributed by atoms with Crippen molar-refractivity contribution in [1.82, 2.24) is 0 Å². The van der Waals surface area contributed by atoms with E-state index in [9.17, 15) is 21.9 Å². The predicted molar refractivity (Wildman–Crippen MR) is 126 cm³/mol. The van der Waals surface area contributed by atoms with E-state index in [2.05, 4.69) is 0 Å². The lowest BCUT2D eigenvalue weighted by molar-refractivity contribution is -0.0227. The van der Waals surface area contributed by atoms with Gasteiger partial charge in [0.2, 0.25) is 0 Å². The molecule has 0 spiro atoms. The molecule has 10 heteroatoms. The van der Waals surface area contributed by atoms with Crippen LogP contribution >= 0.6 is 0 Å². The molecule has 182 valence electrons. The second-order valence-corrected chi connectivity index (χ2v) is 11.1. The Morgan fingerprint density at radius 3 is 2.12 bits per heavy atom. The first kappa shape index (κ1) is 25.7. The third-order valence-corrected chi connectivity index (χ3v) is 7.31. The third-order valence-electron chi connectivity index (χ3n) is 4.72. The minimum absolute atomic E-state index is 0.0237. The molecule has 0 fully saturated rings. The molecular weight excluding hydrogens is 480 g/mol. The van der Waals surface area contributed by atoms with E-state index in [1.165, 1.54) is 36.4 Å². The van der Waals surface area contributed by atoms with Gasteiger partial charge in [-0.25, -0.2) is 8.42 Å². The fourth-order valence-electron chi connectivity index (χ4n) is 3.11. The summed E-state index contributed by atoms with van der Waals surface area (Å²) in [4.78, 5) is -0.795. The molecule has 0 aliphatic carbocycles. The smallest absolute Gasteiger partial charge is 0.340 e. The molecule has 0 bridgehead atoms. The van der Waals surface area contributed by atoms with Gasteiger partial charge < -0.3 is 18.8 Å². The lowest BCUT2D eigenvalue weighted by atomic mass is 10.2. The third kappa shape index (κ3) is 7.04. The van der Waals surface area contributed by atoms with Crippen molar-refractivity contribution in [3.63, 3.8) is 0 Å². The molecule has 0 aromatic heterocycles. The molecule has 3 aromatic rings. The van der Waals surface area contributed by atoms with Crippen LogP contribution in [0.2, 0.25) is 0 Å². The van der Waals surface area contributed by atoms with Crippen molar-refractivity contribution in [3.05, 3.63) is 83.9 Å². The van der Waals surface area contributed by atoms with Crippen LogP contribution in [0.15, 0.2) is 82.6 Å². The molecule has 0 heterocycles. The molecule has 1 N–H and O–H groups in total. The zero-order valence-corrected chi connectivity index (χ0v) is 20.4. The van der Waals surface area contributed by atoms with Crippen LogP contribution in [0.1, 0.15) is 11.1 Å². The van der Waals surface area contributed by atoms with Crippen LogP contribution in [0.5, 0.6) is 11.5 Å². The van der Waals surface area contributed by atoms with Gasteiger partial charge in [-0.15, -0.1) is 0 Å². The van der Waals surface area contributed by atoms with Crippen molar-refractivity contribution < 1.29 is 35.6 Å². The highest BCUT2D eigenvalue weighted by Crippen LogP contribution is 2.28. The Morgan fingerprint density at radius 1 is 0.853 bits per heavy atom. The van der Waals surface area contributed by atoms with Gasteiger partial charge >= 0.3 is 10.1 Å². The lowest BCUT2D eigenvalue weighted by Gasteiger charge is -2.17. The molecule has 3 aromatic carbocycles. The van der Waals surface area contributed by atoms with E-state index in [-0.39, 0.29) is 23.9 Å². The number of aliphatic hydroxyl groups excluding tert-OH is 1. The minimum atomic E-state index is -4.44. The number of ether oxygens (including phenoxy) is 2. The summed E-state index contributed by atoms with van der Waals surface area (Å²) >= 11 is 0. The average Bonchev–Trinajstić information content (AvgIpc) is 2.78. The van der Waals surface area contributed by atoms with E-state index >= 15 is 0 Å². The van der Waals surface area contributed by atoms with Gasteiger partial charge in [0.25, 0.3) is 0 Å². The highest BCUT2D eigenvalue weighted by Gasteiger charge is 2.25. The molecule has 1 atom stereocenters. The lowest BCUT2D eigenvalue weighted by Crippen LogP contribution is -2.25. The normalized spacial score (nSPS) is 12.8. The zero-order valence-electron chi connectivity index (χ0n) is 18.7. The first-order valence-electron chi connectivity index (χ1n) is 10.3. The quantitative estimate of drug-likeness (QED) is 0.395. The summed E-state index contributed by atoms with van der Waals surface area (Å²) in [5, 5.41) is 9.60. The minimum Gasteiger partial charge on any atom is -0.491 e. The summed E-state index contributed by atoms with van der Waals surface area (Å²) in [7, 11) is -8.23. The summed E-state index contributed by atoms with van der Waals surface area (Å²) in [5.41, 5.74) is 1.61. The molecule has 0 radical (unpaired) electrons. The Hall–Kier alpha value is -2.92. The number of hydrogen-bond acceptors (Lipinski definition) is 8. The van der Waals surface area contributed by atoms with Crippen LogP contribution in [-0.4, -0.2) is 47.5 Å². The Labute approximate surface area is 199 Å². The van der Waals surface area contributed by atoms with Gasteiger partial charge in [-0.3, -0.25) is 0 Å². The topological polar surface area (TPSA) is 116 Å². The van der Waals surface area contributed by atoms with Gasteiger partial charge in [-0.1, -0.05) is 42.5 Å². The molecule has 8 nitrogen and oxygen atoms in total. The molecule has 0 amide bonds. The zero-order chi connectivity index (χ0) is 24.8. The number of rotatable bonds is 11. The first-order chi connectivity index (χ1) is 16.1. The van der Waals surface area contributed by atoms with E-state index in [0.29, 0.717) is 17.9 Å². The maximum Gasteiger partial charge on any atom is 0.340 e. The van der Waals surface area contributed by atoms with Crippen LogP contribution < -0.4 is 8.92 Å². The van der Waals surface area contributed by atoms with Crippen LogP contribution in [0.4, 0.5) is 0 Å². The average molecular weight is 507 g/mol. The van der Waals surface area contributed by atoms with E-state index in [1.807, 2.05) is 30.3 Å². The van der Waals surface area contributed by atoms with Crippen LogP contribution in [0.25, 0.3) is 0 Å². The van der Waals surface area contributed by atoms with Gasteiger partial charge in [0.1, 0.15) is 29.1 Å². The number of hydrogen-bond donors (Lipinski definition) is 1.